The summed E-state index contributed by atoms with van der Waals surface area (Å²) in [5, 5.41) is 0. The molecule has 0 amide bonds. The van der Waals surface area contributed by atoms with Gasteiger partial charge in [-0.25, -0.2) is 9.59 Å². The number of furan rings is 1. The van der Waals surface area contributed by atoms with Crippen LogP contribution in [0.5, 0.6) is 17.2 Å². The number of methoxy groups -OCH3 is 1. The number of carbonyl (C=O) groups excluding carboxylic acids is 2. The monoisotopic (exact) mass is 392 g/mol. The molecule has 0 saturated carbocycles. The molecule has 1 heterocycles. The van der Waals surface area contributed by atoms with Gasteiger partial charge in [-0.1, -0.05) is 0 Å². The highest BCUT2D eigenvalue weighted by Crippen LogP contribution is 2.39. The zero-order chi connectivity index (χ0) is 20.5. The Balaban J connectivity index is 2.19. The van der Waals surface area contributed by atoms with E-state index in [-0.39, 0.29) is 17.9 Å². The van der Waals surface area contributed by atoms with Gasteiger partial charge in [0, 0.05) is 0 Å². The maximum absolute atomic E-state index is 12.5. The Labute approximate surface area is 163 Å². The minimum absolute atomic E-state index is 0.0341. The fourth-order valence-corrected chi connectivity index (χ4v) is 2.39. The smallest absolute Gasteiger partial charge is 0.373 e. The lowest BCUT2D eigenvalue weighted by molar-refractivity contribution is 0.0437. The van der Waals surface area contributed by atoms with Crippen molar-refractivity contribution in [3.8, 4) is 17.2 Å². The van der Waals surface area contributed by atoms with E-state index in [0.717, 1.165) is 0 Å². The maximum Gasteiger partial charge on any atom is 0.373 e. The molecule has 0 fully saturated rings. The number of hydrogen-bond donors (Lipinski definition) is 0. The Hall–Kier alpha value is -3.16. The molecular weight excluding hydrogens is 368 g/mol. The van der Waals surface area contributed by atoms with Crippen molar-refractivity contribution in [2.24, 2.45) is 0 Å². The molecule has 0 aliphatic rings. The van der Waals surface area contributed by atoms with Gasteiger partial charge in [-0.3, -0.25) is 0 Å². The van der Waals surface area contributed by atoms with E-state index in [4.69, 9.17) is 23.4 Å². The summed E-state index contributed by atoms with van der Waals surface area (Å²) < 4.78 is 31.9. The molecule has 0 N–H and O–H groups in total. The number of carbonyl (C=O) groups is 2. The summed E-state index contributed by atoms with van der Waals surface area (Å²) in [6.07, 6.45) is 0. The molecule has 2 aromatic rings. The number of benzene rings is 1. The van der Waals surface area contributed by atoms with Crippen molar-refractivity contribution in [3.05, 3.63) is 41.3 Å². The molecule has 8 nitrogen and oxygen atoms in total. The number of rotatable bonds is 10. The molecule has 0 saturated heterocycles. The van der Waals surface area contributed by atoms with Crippen molar-refractivity contribution in [2.75, 3.05) is 26.9 Å². The minimum atomic E-state index is -0.605. The molecule has 28 heavy (non-hydrogen) atoms. The lowest BCUT2D eigenvalue weighted by Gasteiger charge is -2.16. The van der Waals surface area contributed by atoms with Crippen molar-refractivity contribution in [3.63, 3.8) is 0 Å². The summed E-state index contributed by atoms with van der Waals surface area (Å²) in [5.41, 5.74) is 0.245. The van der Waals surface area contributed by atoms with Gasteiger partial charge in [0.1, 0.15) is 12.4 Å². The Bertz CT molecular complexity index is 781. The molecule has 0 atom stereocenters. The van der Waals surface area contributed by atoms with E-state index in [9.17, 15) is 9.59 Å². The normalized spacial score (nSPS) is 10.3. The van der Waals surface area contributed by atoms with Crippen LogP contribution in [0.2, 0.25) is 0 Å². The molecule has 0 aliphatic carbocycles. The quantitative estimate of drug-likeness (QED) is 0.566. The largest absolute Gasteiger partial charge is 0.490 e. The fraction of sp³-hybridized carbons (Fsp3) is 0.400. The molecule has 0 spiro atoms. The maximum atomic E-state index is 12.5. The highest BCUT2D eigenvalue weighted by atomic mass is 16.6. The highest BCUT2D eigenvalue weighted by Gasteiger charge is 2.20. The molecule has 152 valence electrons. The van der Waals surface area contributed by atoms with E-state index in [0.29, 0.717) is 42.8 Å². The van der Waals surface area contributed by atoms with Gasteiger partial charge in [0.25, 0.3) is 0 Å². The van der Waals surface area contributed by atoms with Gasteiger partial charge in [0.05, 0.1) is 32.5 Å². The van der Waals surface area contributed by atoms with E-state index in [2.05, 4.69) is 4.74 Å². The Kier molecular flexibility index (Phi) is 7.74. The summed E-state index contributed by atoms with van der Waals surface area (Å²) in [7, 11) is 1.25. The van der Waals surface area contributed by atoms with Crippen LogP contribution in [-0.2, 0) is 16.1 Å². The summed E-state index contributed by atoms with van der Waals surface area (Å²) in [6, 6.07) is 6.07. The first-order valence-electron chi connectivity index (χ1n) is 8.94. The van der Waals surface area contributed by atoms with Crippen LogP contribution in [0.25, 0.3) is 0 Å². The SMILES string of the molecule is CCOc1cc(C(=O)OCc2ccc(C(=O)OC)o2)cc(OCC)c1OCC. The minimum Gasteiger partial charge on any atom is -0.490 e. The summed E-state index contributed by atoms with van der Waals surface area (Å²) in [6.45, 7) is 6.58. The standard InChI is InChI=1S/C20H24O8/c1-5-24-16-10-13(11-17(25-6-2)18(16)26-7-3)19(21)27-12-14-8-9-15(28-14)20(22)23-4/h8-11H,5-7,12H2,1-4H3. The van der Waals surface area contributed by atoms with Crippen molar-refractivity contribution >= 4 is 11.9 Å². The van der Waals surface area contributed by atoms with Gasteiger partial charge in [0.2, 0.25) is 11.5 Å². The van der Waals surface area contributed by atoms with Crippen LogP contribution in [0.4, 0.5) is 0 Å². The first-order chi connectivity index (χ1) is 13.5. The zero-order valence-corrected chi connectivity index (χ0v) is 16.4. The van der Waals surface area contributed by atoms with Crippen LogP contribution in [0.15, 0.2) is 28.7 Å². The lowest BCUT2D eigenvalue weighted by Crippen LogP contribution is -2.08. The summed E-state index contributed by atoms with van der Waals surface area (Å²) in [4.78, 5) is 23.9. The van der Waals surface area contributed by atoms with Gasteiger partial charge < -0.3 is 28.1 Å². The van der Waals surface area contributed by atoms with E-state index in [1.54, 1.807) is 12.1 Å². The second-order valence-electron chi connectivity index (χ2n) is 5.43. The van der Waals surface area contributed by atoms with Gasteiger partial charge in [-0.15, -0.1) is 0 Å². The predicted octanol–water partition coefficient (Wildman–Crippen LogP) is 3.62. The molecule has 0 radical (unpaired) electrons. The second kappa shape index (κ2) is 10.2. The van der Waals surface area contributed by atoms with Crippen molar-refractivity contribution in [1.82, 2.24) is 0 Å². The van der Waals surface area contributed by atoms with Crippen LogP contribution < -0.4 is 14.2 Å². The second-order valence-corrected chi connectivity index (χ2v) is 5.43. The summed E-state index contributed by atoms with van der Waals surface area (Å²) >= 11 is 0. The van der Waals surface area contributed by atoms with Gasteiger partial charge in [0.15, 0.2) is 11.5 Å². The van der Waals surface area contributed by atoms with Gasteiger partial charge in [-0.2, -0.15) is 0 Å². The molecule has 0 aliphatic heterocycles. The fourth-order valence-electron chi connectivity index (χ4n) is 2.39. The van der Waals surface area contributed by atoms with Crippen molar-refractivity contribution < 1.29 is 37.7 Å². The highest BCUT2D eigenvalue weighted by molar-refractivity contribution is 5.91. The number of hydrogen-bond acceptors (Lipinski definition) is 8. The lowest BCUT2D eigenvalue weighted by atomic mass is 10.2. The third-order valence-electron chi connectivity index (χ3n) is 3.54. The number of ether oxygens (including phenoxy) is 5. The average Bonchev–Trinajstić information content (AvgIpc) is 3.17. The van der Waals surface area contributed by atoms with Crippen molar-refractivity contribution in [1.29, 1.82) is 0 Å². The van der Waals surface area contributed by atoms with Crippen LogP contribution in [-0.4, -0.2) is 38.9 Å². The van der Waals surface area contributed by atoms with Gasteiger partial charge in [-0.05, 0) is 45.0 Å². The van der Waals surface area contributed by atoms with Crippen LogP contribution in [0.1, 0.15) is 47.4 Å². The van der Waals surface area contributed by atoms with E-state index in [1.807, 2.05) is 20.8 Å². The van der Waals surface area contributed by atoms with E-state index < -0.39 is 11.9 Å². The molecular formula is C20H24O8. The molecule has 8 heteroatoms. The van der Waals surface area contributed by atoms with Crippen molar-refractivity contribution in [2.45, 2.75) is 27.4 Å². The summed E-state index contributed by atoms with van der Waals surface area (Å²) in [5.74, 6) is 0.382. The van der Waals surface area contributed by atoms with E-state index >= 15 is 0 Å². The molecule has 0 unspecified atom stereocenters. The average molecular weight is 392 g/mol. The molecule has 1 aromatic carbocycles. The molecule has 1 aromatic heterocycles. The predicted molar refractivity (Wildman–Crippen MR) is 99.1 cm³/mol. The van der Waals surface area contributed by atoms with Gasteiger partial charge >= 0.3 is 11.9 Å². The van der Waals surface area contributed by atoms with Crippen LogP contribution in [0, 0.1) is 0 Å². The topological polar surface area (TPSA) is 93.4 Å². The third-order valence-corrected chi connectivity index (χ3v) is 3.54. The molecule has 0 bridgehead atoms. The zero-order valence-electron chi connectivity index (χ0n) is 16.4. The Morgan fingerprint density at radius 1 is 0.893 bits per heavy atom. The third kappa shape index (κ3) is 5.18. The van der Waals surface area contributed by atoms with Crippen LogP contribution in [0.3, 0.4) is 0 Å². The Morgan fingerprint density at radius 3 is 2.04 bits per heavy atom. The Morgan fingerprint density at radius 2 is 1.50 bits per heavy atom. The van der Waals surface area contributed by atoms with E-state index in [1.165, 1.54) is 19.2 Å². The molecule has 2 rings (SSSR count). The van der Waals surface area contributed by atoms with Crippen LogP contribution >= 0.6 is 0 Å². The first-order valence-corrected chi connectivity index (χ1v) is 8.94. The first kappa shape index (κ1) is 21.1. The number of esters is 2.